The third kappa shape index (κ3) is 7.76. The molecule has 5 nitrogen and oxygen atoms in total. The monoisotopic (exact) mass is 349 g/mol. The third-order valence-corrected chi connectivity index (χ3v) is 11.8. The molecule has 0 fully saturated rings. The summed E-state index contributed by atoms with van der Waals surface area (Å²) in [7, 11) is -2.21. The first-order valence-electron chi connectivity index (χ1n) is 8.56. The van der Waals surface area contributed by atoms with Gasteiger partial charge in [0.1, 0.15) is 0 Å². The van der Waals surface area contributed by atoms with Gasteiger partial charge in [-0.05, 0) is 43.6 Å². The number of hydrogen-bond acceptors (Lipinski definition) is 4. The second-order valence-electron chi connectivity index (χ2n) is 5.85. The van der Waals surface area contributed by atoms with E-state index in [1.807, 2.05) is 0 Å². The molecule has 7 heteroatoms. The van der Waals surface area contributed by atoms with Crippen molar-refractivity contribution in [1.29, 1.82) is 0 Å². The van der Waals surface area contributed by atoms with E-state index in [4.69, 9.17) is 13.3 Å². The zero-order chi connectivity index (χ0) is 17.1. The fourth-order valence-electron chi connectivity index (χ4n) is 2.35. The van der Waals surface area contributed by atoms with Gasteiger partial charge in [-0.3, -0.25) is 0 Å². The summed E-state index contributed by atoms with van der Waals surface area (Å²) in [4.78, 5) is 12.0. The Morgan fingerprint density at radius 3 is 2.14 bits per heavy atom. The lowest BCUT2D eigenvalue weighted by atomic mass is 10.5. The first-order valence-corrected chi connectivity index (χ1v) is 13.6. The van der Waals surface area contributed by atoms with Crippen molar-refractivity contribution >= 4 is 23.0 Å². The van der Waals surface area contributed by atoms with Crippen molar-refractivity contribution in [2.45, 2.75) is 71.3 Å². The van der Waals surface area contributed by atoms with E-state index >= 15 is 0 Å². The van der Waals surface area contributed by atoms with E-state index in [0.29, 0.717) is 6.54 Å². The van der Waals surface area contributed by atoms with E-state index in [0.717, 1.165) is 43.6 Å². The maximum absolute atomic E-state index is 12.0. The molecule has 0 aromatic heterocycles. The average molecular weight is 350 g/mol. The fourth-order valence-corrected chi connectivity index (χ4v) is 6.67. The van der Waals surface area contributed by atoms with E-state index in [2.05, 4.69) is 39.6 Å². The molecule has 22 heavy (non-hydrogen) atoms. The minimum Gasteiger partial charge on any atom is -0.504 e. The number of amides is 1. The topological polar surface area (TPSA) is 56.8 Å². The van der Waals surface area contributed by atoms with Crippen molar-refractivity contribution in [3.8, 4) is 0 Å². The normalized spacial score (nSPS) is 14.5. The van der Waals surface area contributed by atoms with Crippen LogP contribution in [0.3, 0.4) is 0 Å². The van der Waals surface area contributed by atoms with Gasteiger partial charge in [-0.25, -0.2) is 4.79 Å². The van der Waals surface area contributed by atoms with Crippen LogP contribution in [0.4, 0.5) is 4.79 Å². The van der Waals surface area contributed by atoms with E-state index in [-0.39, 0.29) is 6.09 Å². The van der Waals surface area contributed by atoms with E-state index < -0.39 is 16.9 Å². The van der Waals surface area contributed by atoms with Crippen LogP contribution in [0.25, 0.3) is 0 Å². The fraction of sp³-hybridized carbons (Fsp3) is 0.933. The Kier molecular flexibility index (Phi) is 11.0. The lowest BCUT2D eigenvalue weighted by Crippen LogP contribution is -2.43. The number of carbonyl (C=O) groups is 1. The van der Waals surface area contributed by atoms with E-state index in [1.54, 1.807) is 7.11 Å². The Balaban J connectivity index is 4.11. The standard InChI is InChI=1S/C15H35NO4Si2/c1-7-13-19-21(6,18-5)14-11-12-16-15(17)20-22(8-2,9-3)10-4/h7-14H2,1-6H3,(H,16,17). The molecule has 1 atom stereocenters. The van der Waals surface area contributed by atoms with Gasteiger partial charge in [-0.15, -0.1) is 0 Å². The third-order valence-electron chi connectivity index (χ3n) is 4.36. The van der Waals surface area contributed by atoms with Crippen molar-refractivity contribution in [1.82, 2.24) is 5.32 Å². The molecule has 0 rings (SSSR count). The van der Waals surface area contributed by atoms with Crippen LogP contribution < -0.4 is 5.32 Å². The summed E-state index contributed by atoms with van der Waals surface area (Å²) < 4.78 is 17.2. The van der Waals surface area contributed by atoms with Gasteiger partial charge in [0.25, 0.3) is 8.32 Å². The molecule has 0 bridgehead atoms. The predicted molar refractivity (Wildman–Crippen MR) is 96.0 cm³/mol. The Morgan fingerprint density at radius 1 is 1.09 bits per heavy atom. The van der Waals surface area contributed by atoms with Crippen LogP contribution >= 0.6 is 0 Å². The highest BCUT2D eigenvalue weighted by Gasteiger charge is 2.33. The first kappa shape index (κ1) is 21.6. The van der Waals surface area contributed by atoms with Crippen LogP contribution in [0.15, 0.2) is 0 Å². The number of rotatable bonds is 12. The molecule has 0 spiro atoms. The van der Waals surface area contributed by atoms with Crippen LogP contribution in [-0.2, 0) is 13.3 Å². The molecule has 132 valence electrons. The lowest BCUT2D eigenvalue weighted by molar-refractivity contribution is 0.194. The van der Waals surface area contributed by atoms with Gasteiger partial charge in [-0.1, -0.05) is 27.7 Å². The molecule has 0 aliphatic carbocycles. The zero-order valence-electron chi connectivity index (χ0n) is 15.3. The summed E-state index contributed by atoms with van der Waals surface area (Å²) >= 11 is 0. The predicted octanol–water partition coefficient (Wildman–Crippen LogP) is 4.25. The Hall–Kier alpha value is -0.376. The SMILES string of the molecule is CCCO[Si](C)(CCCNC(=O)O[Si](CC)(CC)CC)OC. The maximum Gasteiger partial charge on any atom is 0.393 e. The summed E-state index contributed by atoms with van der Waals surface area (Å²) in [5, 5.41) is 2.88. The van der Waals surface area contributed by atoms with Crippen molar-refractivity contribution < 1.29 is 18.1 Å². The van der Waals surface area contributed by atoms with Crippen molar-refractivity contribution in [2.24, 2.45) is 0 Å². The van der Waals surface area contributed by atoms with Gasteiger partial charge >= 0.3 is 14.7 Å². The molecule has 0 aliphatic rings. The van der Waals surface area contributed by atoms with Gasteiger partial charge in [-0.2, -0.15) is 0 Å². The highest BCUT2D eigenvalue weighted by atomic mass is 28.4. The molecule has 1 amide bonds. The number of hydrogen-bond donors (Lipinski definition) is 1. The molecule has 0 aliphatic heterocycles. The van der Waals surface area contributed by atoms with Crippen molar-refractivity contribution in [2.75, 3.05) is 20.3 Å². The quantitative estimate of drug-likeness (QED) is 0.422. The smallest absolute Gasteiger partial charge is 0.393 e. The van der Waals surface area contributed by atoms with Crippen LogP contribution in [0.2, 0.25) is 30.7 Å². The van der Waals surface area contributed by atoms with Crippen LogP contribution in [0, 0.1) is 0 Å². The van der Waals surface area contributed by atoms with Crippen LogP contribution in [0.5, 0.6) is 0 Å². The number of carbonyl (C=O) groups excluding carboxylic acids is 1. The number of nitrogens with one attached hydrogen (secondary N) is 1. The Labute approximate surface area is 138 Å². The second-order valence-corrected chi connectivity index (χ2v) is 14.0. The van der Waals surface area contributed by atoms with Crippen LogP contribution in [0.1, 0.15) is 40.5 Å². The van der Waals surface area contributed by atoms with E-state index in [9.17, 15) is 4.79 Å². The molecule has 0 aromatic carbocycles. The van der Waals surface area contributed by atoms with Gasteiger partial charge in [0, 0.05) is 20.3 Å². The van der Waals surface area contributed by atoms with Gasteiger partial charge in [0.15, 0.2) is 0 Å². The summed E-state index contributed by atoms with van der Waals surface area (Å²) in [6.07, 6.45) is 1.59. The minimum atomic E-state index is -2.07. The molecule has 1 unspecified atom stereocenters. The van der Waals surface area contributed by atoms with Crippen LogP contribution in [-0.4, -0.2) is 43.2 Å². The summed E-state index contributed by atoms with van der Waals surface area (Å²) in [6, 6.07) is 3.81. The second kappa shape index (κ2) is 11.2. The zero-order valence-corrected chi connectivity index (χ0v) is 17.3. The minimum absolute atomic E-state index is 0.257. The van der Waals surface area contributed by atoms with Gasteiger partial charge < -0.3 is 18.6 Å². The molecule has 0 aromatic rings. The summed E-state index contributed by atoms with van der Waals surface area (Å²) in [6.45, 7) is 11.9. The highest BCUT2D eigenvalue weighted by molar-refractivity contribution is 6.74. The molecular weight excluding hydrogens is 314 g/mol. The summed E-state index contributed by atoms with van der Waals surface area (Å²) in [5.74, 6) is 0. The first-order chi connectivity index (χ1) is 10.4. The van der Waals surface area contributed by atoms with Crippen molar-refractivity contribution in [3.05, 3.63) is 0 Å². The van der Waals surface area contributed by atoms with Gasteiger partial charge in [0.05, 0.1) is 0 Å². The molecule has 0 saturated carbocycles. The molecule has 0 radical (unpaired) electrons. The largest absolute Gasteiger partial charge is 0.504 e. The average Bonchev–Trinajstić information content (AvgIpc) is 2.55. The maximum atomic E-state index is 12.0. The Bertz CT molecular complexity index is 306. The lowest BCUT2D eigenvalue weighted by Gasteiger charge is -2.28. The molecular formula is C15H35NO4Si2. The molecule has 1 N–H and O–H groups in total. The molecule has 0 saturated heterocycles. The Morgan fingerprint density at radius 2 is 1.68 bits per heavy atom. The molecule has 0 heterocycles. The highest BCUT2D eigenvalue weighted by Crippen LogP contribution is 2.21. The van der Waals surface area contributed by atoms with E-state index in [1.165, 1.54) is 0 Å². The summed E-state index contributed by atoms with van der Waals surface area (Å²) in [5.41, 5.74) is 0. The van der Waals surface area contributed by atoms with Crippen molar-refractivity contribution in [3.63, 3.8) is 0 Å². The van der Waals surface area contributed by atoms with Gasteiger partial charge in [0.2, 0.25) is 0 Å².